The van der Waals surface area contributed by atoms with E-state index in [4.69, 9.17) is 0 Å². The van der Waals surface area contributed by atoms with Gasteiger partial charge in [0.25, 0.3) is 0 Å². The van der Waals surface area contributed by atoms with Crippen LogP contribution in [0.25, 0.3) is 0 Å². The van der Waals surface area contributed by atoms with Crippen molar-refractivity contribution in [2.45, 2.75) is 39.3 Å². The summed E-state index contributed by atoms with van der Waals surface area (Å²) in [5.74, 6) is 0. The molecule has 0 radical (unpaired) electrons. The Morgan fingerprint density at radius 1 is 1.50 bits per heavy atom. The average molecular weight is 239 g/mol. The van der Waals surface area contributed by atoms with Gasteiger partial charge in [-0.3, -0.25) is 4.90 Å². The first-order valence-corrected chi connectivity index (χ1v) is 6.91. The molecule has 1 aliphatic carbocycles. The molecule has 0 bridgehead atoms. The fourth-order valence-electron chi connectivity index (χ4n) is 1.97. The largest absolute Gasteiger partial charge is 0.396 e. The smallest absolute Gasteiger partial charge is 0.0494 e. The van der Waals surface area contributed by atoms with Gasteiger partial charge in [0.2, 0.25) is 0 Å². The van der Waals surface area contributed by atoms with E-state index in [-0.39, 0.29) is 12.0 Å². The number of aliphatic hydroxyl groups is 1. The molecule has 0 atom stereocenters. The zero-order valence-corrected chi connectivity index (χ0v) is 11.0. The number of hydrogen-bond donors (Lipinski definition) is 1. The molecule has 1 N–H and O–H groups in total. The van der Waals surface area contributed by atoms with Crippen molar-refractivity contribution < 1.29 is 5.11 Å². The molecule has 3 heteroatoms. The summed E-state index contributed by atoms with van der Waals surface area (Å²) in [6, 6.07) is 2.96. The molecular formula is C13H21NOS. The van der Waals surface area contributed by atoms with Crippen molar-refractivity contribution in [3.8, 4) is 0 Å². The maximum Gasteiger partial charge on any atom is 0.0494 e. The lowest BCUT2D eigenvalue weighted by molar-refractivity contribution is 0.0948. The lowest BCUT2D eigenvalue weighted by atomic mass is 9.94. The first-order chi connectivity index (χ1) is 7.61. The third-order valence-electron chi connectivity index (χ3n) is 3.09. The Morgan fingerprint density at radius 3 is 2.75 bits per heavy atom. The summed E-state index contributed by atoms with van der Waals surface area (Å²) in [5, 5.41) is 13.7. The van der Waals surface area contributed by atoms with E-state index in [0.717, 1.165) is 19.1 Å². The highest BCUT2D eigenvalue weighted by Crippen LogP contribution is 2.31. The maximum absolute atomic E-state index is 9.35. The zero-order chi connectivity index (χ0) is 11.6. The van der Waals surface area contributed by atoms with E-state index in [9.17, 15) is 5.11 Å². The number of aliphatic hydroxyl groups excluding tert-OH is 1. The second kappa shape index (κ2) is 4.86. The Kier molecular flexibility index (Phi) is 3.67. The van der Waals surface area contributed by atoms with Crippen molar-refractivity contribution in [2.24, 2.45) is 5.41 Å². The minimum atomic E-state index is 0.0125. The molecule has 2 rings (SSSR count). The van der Waals surface area contributed by atoms with Crippen LogP contribution >= 0.6 is 11.3 Å². The highest BCUT2D eigenvalue weighted by Gasteiger charge is 2.32. The van der Waals surface area contributed by atoms with E-state index < -0.39 is 0 Å². The zero-order valence-electron chi connectivity index (χ0n) is 10.1. The highest BCUT2D eigenvalue weighted by molar-refractivity contribution is 7.07. The Labute approximate surface area is 102 Å². The monoisotopic (exact) mass is 239 g/mol. The molecule has 0 aliphatic heterocycles. The molecule has 0 saturated heterocycles. The van der Waals surface area contributed by atoms with Crippen LogP contribution in [0.1, 0.15) is 32.3 Å². The number of rotatable bonds is 6. The highest BCUT2D eigenvalue weighted by atomic mass is 32.1. The van der Waals surface area contributed by atoms with Crippen molar-refractivity contribution in [1.29, 1.82) is 0 Å². The summed E-state index contributed by atoms with van der Waals surface area (Å²) in [5.41, 5.74) is 1.42. The predicted molar refractivity (Wildman–Crippen MR) is 68.6 cm³/mol. The van der Waals surface area contributed by atoms with Gasteiger partial charge in [0.1, 0.15) is 0 Å². The molecule has 0 spiro atoms. The second-order valence-corrected chi connectivity index (χ2v) is 6.37. The van der Waals surface area contributed by atoms with Crippen LogP contribution in [0, 0.1) is 5.41 Å². The van der Waals surface area contributed by atoms with Crippen molar-refractivity contribution in [1.82, 2.24) is 4.90 Å². The molecule has 2 nitrogen and oxygen atoms in total. The molecule has 1 aliphatic rings. The summed E-state index contributed by atoms with van der Waals surface area (Å²) >= 11 is 1.76. The van der Waals surface area contributed by atoms with Crippen LogP contribution in [0.4, 0.5) is 0 Å². The van der Waals surface area contributed by atoms with E-state index in [1.54, 1.807) is 11.3 Å². The van der Waals surface area contributed by atoms with Gasteiger partial charge in [-0.15, -0.1) is 0 Å². The molecule has 0 aromatic carbocycles. The van der Waals surface area contributed by atoms with Crippen LogP contribution in [-0.2, 0) is 6.54 Å². The van der Waals surface area contributed by atoms with Gasteiger partial charge in [0.05, 0.1) is 0 Å². The van der Waals surface area contributed by atoms with Crippen LogP contribution in [0.15, 0.2) is 16.8 Å². The fourth-order valence-corrected chi connectivity index (χ4v) is 2.63. The molecule has 90 valence electrons. The van der Waals surface area contributed by atoms with Gasteiger partial charge >= 0.3 is 0 Å². The third kappa shape index (κ3) is 3.30. The van der Waals surface area contributed by atoms with E-state index in [2.05, 4.69) is 35.6 Å². The molecule has 16 heavy (non-hydrogen) atoms. The number of hydrogen-bond acceptors (Lipinski definition) is 3. The van der Waals surface area contributed by atoms with Crippen molar-refractivity contribution in [3.63, 3.8) is 0 Å². The first-order valence-electron chi connectivity index (χ1n) is 5.97. The quantitative estimate of drug-likeness (QED) is 0.825. The molecule has 0 amide bonds. The first kappa shape index (κ1) is 12.1. The minimum Gasteiger partial charge on any atom is -0.396 e. The van der Waals surface area contributed by atoms with Crippen molar-refractivity contribution in [3.05, 3.63) is 22.4 Å². The van der Waals surface area contributed by atoms with Gasteiger partial charge in [-0.05, 0) is 35.2 Å². The van der Waals surface area contributed by atoms with E-state index in [1.165, 1.54) is 18.4 Å². The van der Waals surface area contributed by atoms with Gasteiger partial charge in [0, 0.05) is 31.2 Å². The van der Waals surface area contributed by atoms with Gasteiger partial charge in [-0.2, -0.15) is 11.3 Å². The second-order valence-electron chi connectivity index (χ2n) is 5.59. The van der Waals surface area contributed by atoms with Crippen LogP contribution < -0.4 is 0 Å². The summed E-state index contributed by atoms with van der Waals surface area (Å²) in [4.78, 5) is 2.53. The molecule has 1 saturated carbocycles. The molecular weight excluding hydrogens is 218 g/mol. The van der Waals surface area contributed by atoms with Crippen LogP contribution in [-0.4, -0.2) is 29.2 Å². The summed E-state index contributed by atoms with van der Waals surface area (Å²) in [6.45, 7) is 6.56. The van der Waals surface area contributed by atoms with E-state index >= 15 is 0 Å². The predicted octanol–water partition coefficient (Wildman–Crippen LogP) is 2.73. The van der Waals surface area contributed by atoms with E-state index in [0.29, 0.717) is 0 Å². The van der Waals surface area contributed by atoms with Crippen LogP contribution in [0.5, 0.6) is 0 Å². The summed E-state index contributed by atoms with van der Waals surface area (Å²) in [6.07, 6.45) is 2.65. The standard InChI is InChI=1S/C13H21NOS/c1-13(2,10-15)9-14(12-3-4-12)7-11-5-6-16-8-11/h5-6,8,12,15H,3-4,7,9-10H2,1-2H3. The lowest BCUT2D eigenvalue weighted by Gasteiger charge is -2.31. The Balaban J connectivity index is 1.95. The van der Waals surface area contributed by atoms with E-state index in [1.807, 2.05) is 0 Å². The summed E-state index contributed by atoms with van der Waals surface area (Å²) in [7, 11) is 0. The van der Waals surface area contributed by atoms with Gasteiger partial charge in [-0.25, -0.2) is 0 Å². The summed E-state index contributed by atoms with van der Waals surface area (Å²) < 4.78 is 0. The molecule has 1 aromatic heterocycles. The molecule has 1 heterocycles. The number of thiophene rings is 1. The fraction of sp³-hybridized carbons (Fsp3) is 0.692. The maximum atomic E-state index is 9.35. The number of nitrogens with zero attached hydrogens (tertiary/aromatic N) is 1. The SMILES string of the molecule is CC(C)(CO)CN(Cc1ccsc1)C1CC1. The van der Waals surface area contributed by atoms with Crippen molar-refractivity contribution >= 4 is 11.3 Å². The van der Waals surface area contributed by atoms with Crippen molar-refractivity contribution in [2.75, 3.05) is 13.2 Å². The minimum absolute atomic E-state index is 0.0125. The molecule has 0 unspecified atom stereocenters. The Morgan fingerprint density at radius 2 is 2.25 bits per heavy atom. The Hall–Kier alpha value is -0.380. The average Bonchev–Trinajstić information content (AvgIpc) is 2.97. The van der Waals surface area contributed by atoms with Gasteiger partial charge < -0.3 is 5.11 Å². The lowest BCUT2D eigenvalue weighted by Crippen LogP contribution is -2.37. The van der Waals surface area contributed by atoms with Crippen LogP contribution in [0.3, 0.4) is 0 Å². The third-order valence-corrected chi connectivity index (χ3v) is 3.82. The molecule has 1 fully saturated rings. The normalized spacial score (nSPS) is 17.0. The molecule has 1 aromatic rings. The van der Waals surface area contributed by atoms with Gasteiger partial charge in [0.15, 0.2) is 0 Å². The Bertz CT molecular complexity index is 317. The van der Waals surface area contributed by atoms with Crippen LogP contribution in [0.2, 0.25) is 0 Å². The topological polar surface area (TPSA) is 23.5 Å². The van der Waals surface area contributed by atoms with Gasteiger partial charge in [-0.1, -0.05) is 13.8 Å².